The van der Waals surface area contributed by atoms with Crippen LogP contribution in [0, 0.1) is 5.41 Å². The summed E-state index contributed by atoms with van der Waals surface area (Å²) in [5.41, 5.74) is 11.7. The highest BCUT2D eigenvalue weighted by atomic mass is 16.3. The number of furan rings is 1. The van der Waals surface area contributed by atoms with E-state index in [1.807, 2.05) is 117 Å². The Bertz CT molecular complexity index is 2930. The maximum absolute atomic E-state index is 9.83. The molecule has 0 aliphatic heterocycles. The second-order valence-corrected chi connectivity index (χ2v) is 13.7. The van der Waals surface area contributed by atoms with Crippen molar-refractivity contribution in [2.24, 2.45) is 9.98 Å². The summed E-state index contributed by atoms with van der Waals surface area (Å²) < 4.78 is 6.71. The molecular formula is C53H41N3O3. The van der Waals surface area contributed by atoms with Crippen molar-refractivity contribution in [3.05, 3.63) is 205 Å². The quantitative estimate of drug-likeness (QED) is 0.111. The highest BCUT2D eigenvalue weighted by Crippen LogP contribution is 2.42. The van der Waals surface area contributed by atoms with Crippen LogP contribution in [-0.4, -0.2) is 28.1 Å². The number of benzene rings is 8. The molecule has 0 aliphatic rings. The minimum Gasteiger partial charge on any atom is -0.508 e. The van der Waals surface area contributed by atoms with Crippen LogP contribution in [0.25, 0.3) is 66.4 Å². The molecule has 0 fully saturated rings. The molecule has 0 aliphatic carbocycles. The smallest absolute Gasteiger partial charge is 0.161 e. The maximum atomic E-state index is 9.83. The van der Waals surface area contributed by atoms with Crippen molar-refractivity contribution in [2.75, 3.05) is 0 Å². The van der Waals surface area contributed by atoms with Crippen LogP contribution in [0.2, 0.25) is 0 Å². The summed E-state index contributed by atoms with van der Waals surface area (Å²) in [4.78, 5) is 9.62. The molecule has 1 aromatic heterocycles. The first-order valence-electron chi connectivity index (χ1n) is 19.6. The van der Waals surface area contributed by atoms with Crippen molar-refractivity contribution >= 4 is 39.8 Å². The zero-order valence-corrected chi connectivity index (χ0v) is 32.7. The van der Waals surface area contributed by atoms with Crippen molar-refractivity contribution in [3.8, 4) is 56.0 Å². The van der Waals surface area contributed by atoms with Crippen LogP contribution in [0.15, 0.2) is 202 Å². The first-order chi connectivity index (χ1) is 29.0. The number of aliphatic imine (C=N–C) groups is 2. The van der Waals surface area contributed by atoms with Gasteiger partial charge in [-0.3, -0.25) is 5.41 Å². The van der Waals surface area contributed by atoms with E-state index in [0.717, 1.165) is 66.4 Å². The highest BCUT2D eigenvalue weighted by Gasteiger charge is 2.20. The number of hydrogen-bond acceptors (Lipinski definition) is 4. The van der Waals surface area contributed by atoms with Crippen LogP contribution >= 0.6 is 0 Å². The number of amidine groups is 2. The molecule has 3 N–H and O–H groups in total. The summed E-state index contributed by atoms with van der Waals surface area (Å²) >= 11 is 0. The molecular weight excluding hydrogens is 727 g/mol. The van der Waals surface area contributed by atoms with E-state index in [-0.39, 0.29) is 17.3 Å². The topological polar surface area (TPSA) is 102 Å². The number of phenolic OH excluding ortho intramolecular Hbond substituents is 2. The Balaban J connectivity index is 0.00000238. The lowest BCUT2D eigenvalue weighted by atomic mass is 9.93. The SMILES string of the molecule is CC.N=C(N=C(N=Cc1ccccc1)c1ccccc1)c1cccc2oc3c(-c4ccc(-c5ccc(O)cc5)cc4)cc(-c4ccc(-c5ccc(O)cc5)cc4)cc3c12. The number of nitrogens with zero attached hydrogens (tertiary/aromatic N) is 2. The van der Waals surface area contributed by atoms with Crippen molar-refractivity contribution in [1.29, 1.82) is 5.41 Å². The van der Waals surface area contributed by atoms with E-state index in [1.165, 1.54) is 0 Å². The number of phenols is 2. The van der Waals surface area contributed by atoms with Crippen molar-refractivity contribution in [1.82, 2.24) is 0 Å². The average molecular weight is 768 g/mol. The number of aromatic hydroxyl groups is 2. The molecule has 0 bridgehead atoms. The standard InChI is InChI=1S/C51H35N3O3.C2H6/c52-50(54-51(40-10-5-2-6-11-40)53-32-33-8-3-1-4-9-33)44-12-7-13-47-48(44)46-31-41(38-16-14-34(15-17-38)36-22-26-42(55)27-23-36)30-45(49(46)57-47)39-20-18-35(19-21-39)37-24-28-43(56)29-25-37;1-2/h1-32,52,55-56H;1-2H3. The first kappa shape index (κ1) is 38.1. The van der Waals surface area contributed by atoms with E-state index in [2.05, 4.69) is 60.7 Å². The van der Waals surface area contributed by atoms with Gasteiger partial charge in [-0.25, -0.2) is 9.98 Å². The summed E-state index contributed by atoms with van der Waals surface area (Å²) in [6.45, 7) is 4.00. The second kappa shape index (κ2) is 17.1. The highest BCUT2D eigenvalue weighted by molar-refractivity contribution is 6.22. The predicted molar refractivity (Wildman–Crippen MR) is 244 cm³/mol. The Morgan fingerprint density at radius 1 is 0.525 bits per heavy atom. The molecule has 0 radical (unpaired) electrons. The fourth-order valence-corrected chi connectivity index (χ4v) is 7.11. The monoisotopic (exact) mass is 767 g/mol. The molecule has 0 unspecified atom stereocenters. The Hall–Kier alpha value is -7.83. The predicted octanol–water partition coefficient (Wildman–Crippen LogP) is 13.6. The molecule has 9 rings (SSSR count). The van der Waals surface area contributed by atoms with Gasteiger partial charge < -0.3 is 14.6 Å². The molecule has 59 heavy (non-hydrogen) atoms. The maximum Gasteiger partial charge on any atom is 0.161 e. The number of fused-ring (bicyclic) bond motifs is 3. The van der Waals surface area contributed by atoms with Crippen molar-refractivity contribution < 1.29 is 14.6 Å². The van der Waals surface area contributed by atoms with Gasteiger partial charge in [0.25, 0.3) is 0 Å². The van der Waals surface area contributed by atoms with Gasteiger partial charge in [-0.1, -0.05) is 159 Å². The zero-order valence-electron chi connectivity index (χ0n) is 32.7. The van der Waals surface area contributed by atoms with Crippen LogP contribution in [0.4, 0.5) is 0 Å². The van der Waals surface area contributed by atoms with Crippen LogP contribution in [0.3, 0.4) is 0 Å². The molecule has 0 saturated carbocycles. The molecule has 286 valence electrons. The lowest BCUT2D eigenvalue weighted by molar-refractivity contribution is 0.475. The molecule has 6 heteroatoms. The van der Waals surface area contributed by atoms with Gasteiger partial charge in [0.1, 0.15) is 22.7 Å². The first-order valence-corrected chi connectivity index (χ1v) is 19.6. The van der Waals surface area contributed by atoms with Gasteiger partial charge in [0, 0.05) is 33.7 Å². The summed E-state index contributed by atoms with van der Waals surface area (Å²) in [5, 5.41) is 30.7. The summed E-state index contributed by atoms with van der Waals surface area (Å²) in [5.74, 6) is 0.952. The molecule has 6 nitrogen and oxygen atoms in total. The Labute approximate surface area is 343 Å². The van der Waals surface area contributed by atoms with Crippen molar-refractivity contribution in [2.45, 2.75) is 13.8 Å². The fourth-order valence-electron chi connectivity index (χ4n) is 7.11. The van der Waals surface area contributed by atoms with Gasteiger partial charge in [-0.05, 0) is 87.0 Å². The third-order valence-corrected chi connectivity index (χ3v) is 10.1. The van der Waals surface area contributed by atoms with E-state index in [9.17, 15) is 15.6 Å². The Morgan fingerprint density at radius 3 is 1.58 bits per heavy atom. The Morgan fingerprint density at radius 2 is 1.02 bits per heavy atom. The number of nitrogens with one attached hydrogen (secondary N) is 1. The third-order valence-electron chi connectivity index (χ3n) is 10.1. The van der Waals surface area contributed by atoms with Gasteiger partial charge in [0.2, 0.25) is 0 Å². The summed E-state index contributed by atoms with van der Waals surface area (Å²) in [7, 11) is 0. The Kier molecular flexibility index (Phi) is 11.0. The summed E-state index contributed by atoms with van der Waals surface area (Å²) in [6.07, 6.45) is 1.77. The van der Waals surface area contributed by atoms with Crippen LogP contribution in [0.1, 0.15) is 30.5 Å². The molecule has 0 amide bonds. The lowest BCUT2D eigenvalue weighted by Gasteiger charge is -2.11. The minimum absolute atomic E-state index is 0.0656. The summed E-state index contributed by atoms with van der Waals surface area (Å²) in [6, 6.07) is 60.7. The zero-order chi connectivity index (χ0) is 40.7. The largest absolute Gasteiger partial charge is 0.508 e. The molecule has 0 spiro atoms. The normalized spacial score (nSPS) is 11.5. The fraction of sp³-hybridized carbons (Fsp3) is 0.0377. The van der Waals surface area contributed by atoms with Gasteiger partial charge in [0.05, 0.1) is 0 Å². The van der Waals surface area contributed by atoms with E-state index < -0.39 is 0 Å². The van der Waals surface area contributed by atoms with Gasteiger partial charge in [0.15, 0.2) is 11.7 Å². The minimum atomic E-state index is 0.0656. The van der Waals surface area contributed by atoms with Gasteiger partial charge in [-0.2, -0.15) is 0 Å². The van der Waals surface area contributed by atoms with Gasteiger partial charge >= 0.3 is 0 Å². The van der Waals surface area contributed by atoms with Crippen molar-refractivity contribution in [3.63, 3.8) is 0 Å². The molecule has 0 atom stereocenters. The van der Waals surface area contributed by atoms with E-state index in [0.29, 0.717) is 22.6 Å². The van der Waals surface area contributed by atoms with Crippen LogP contribution in [-0.2, 0) is 0 Å². The molecule has 9 aromatic rings. The van der Waals surface area contributed by atoms with E-state index >= 15 is 0 Å². The van der Waals surface area contributed by atoms with Crippen LogP contribution < -0.4 is 0 Å². The second-order valence-electron chi connectivity index (χ2n) is 13.7. The van der Waals surface area contributed by atoms with Crippen LogP contribution in [0.5, 0.6) is 11.5 Å². The average Bonchev–Trinajstić information content (AvgIpc) is 3.68. The van der Waals surface area contributed by atoms with E-state index in [4.69, 9.17) is 14.4 Å². The lowest BCUT2D eigenvalue weighted by Crippen LogP contribution is -2.05. The molecule has 1 heterocycles. The molecule has 8 aromatic carbocycles. The third kappa shape index (κ3) is 8.20. The van der Waals surface area contributed by atoms with E-state index in [1.54, 1.807) is 30.5 Å². The molecule has 0 saturated heterocycles. The number of rotatable bonds is 7. The number of hydrogen-bond donors (Lipinski definition) is 3. The van der Waals surface area contributed by atoms with Gasteiger partial charge in [-0.15, -0.1) is 0 Å².